The third-order valence-electron chi connectivity index (χ3n) is 4.81. The second kappa shape index (κ2) is 13.7. The zero-order valence-corrected chi connectivity index (χ0v) is 19.1. The molecule has 1 aliphatic heterocycles. The van der Waals surface area contributed by atoms with E-state index < -0.39 is 79.0 Å². The highest BCUT2D eigenvalue weighted by atomic mass is 16.4. The summed E-state index contributed by atoms with van der Waals surface area (Å²) in [7, 11) is 0. The van der Waals surface area contributed by atoms with Crippen molar-refractivity contribution in [2.75, 3.05) is 13.1 Å². The van der Waals surface area contributed by atoms with Crippen LogP contribution in [0, 0.1) is 5.92 Å². The Hall–Kier alpha value is -3.71. The van der Waals surface area contributed by atoms with Crippen LogP contribution in [0.2, 0.25) is 0 Å². The number of nitrogens with two attached hydrogens (primary N) is 1. The molecule has 1 fully saturated rings. The topological polar surface area (TPSA) is 229 Å². The number of aliphatic carboxylic acids is 1. The molecule has 0 aromatic heterocycles. The van der Waals surface area contributed by atoms with Gasteiger partial charge in [0.2, 0.25) is 35.4 Å². The van der Waals surface area contributed by atoms with Crippen molar-refractivity contribution in [2.45, 2.75) is 64.1 Å². The van der Waals surface area contributed by atoms with Gasteiger partial charge in [-0.25, -0.2) is 0 Å². The number of amides is 6. The molecule has 0 unspecified atom stereocenters. The summed E-state index contributed by atoms with van der Waals surface area (Å²) < 4.78 is 0. The Kier molecular flexibility index (Phi) is 11.5. The molecule has 0 saturated carbocycles. The van der Waals surface area contributed by atoms with Crippen LogP contribution in [0.15, 0.2) is 0 Å². The van der Waals surface area contributed by atoms with Crippen molar-refractivity contribution in [1.29, 1.82) is 0 Å². The van der Waals surface area contributed by atoms with Crippen molar-refractivity contribution in [2.24, 2.45) is 11.7 Å². The fourth-order valence-corrected chi connectivity index (χ4v) is 3.13. The molecule has 0 aromatic rings. The SMILES string of the molecule is CC(C)C[C@@H]1NC(=O)CNC(=O)[C@H](CCC(=O)[O-])NC(=O)CNC(=O)[C@H](CCC(N)=O)NC1=O. The summed E-state index contributed by atoms with van der Waals surface area (Å²) in [5.41, 5.74) is 5.14. The van der Waals surface area contributed by atoms with Crippen LogP contribution >= 0.6 is 0 Å². The summed E-state index contributed by atoms with van der Waals surface area (Å²) >= 11 is 0. The van der Waals surface area contributed by atoms with Gasteiger partial charge in [0.25, 0.3) is 0 Å². The van der Waals surface area contributed by atoms with Gasteiger partial charge in [-0.15, -0.1) is 0 Å². The van der Waals surface area contributed by atoms with Gasteiger partial charge in [0.15, 0.2) is 0 Å². The van der Waals surface area contributed by atoms with E-state index in [2.05, 4.69) is 26.6 Å². The number of hydrogen-bond donors (Lipinski definition) is 6. The minimum absolute atomic E-state index is 0.0264. The Morgan fingerprint density at radius 2 is 1.29 bits per heavy atom. The molecular formula is C20H31N6O8-. The molecular weight excluding hydrogens is 452 g/mol. The maximum atomic E-state index is 12.8. The van der Waals surface area contributed by atoms with Crippen LogP contribution in [0.1, 0.15) is 46.0 Å². The van der Waals surface area contributed by atoms with Crippen molar-refractivity contribution in [3.8, 4) is 0 Å². The lowest BCUT2D eigenvalue weighted by molar-refractivity contribution is -0.305. The average molecular weight is 484 g/mol. The standard InChI is InChI=1S/C20H32N6O8/c1-10(2)7-13-20(34)26-12(3-5-14(21)27)19(33)23-8-15(28)24-11(4-6-17(30)31)18(32)22-9-16(29)25-13/h10-13H,3-9H2,1-2H3,(H2,21,27)(H,22,32)(H,23,33)(H,24,28)(H,25,29)(H,26,34)(H,30,31)/p-1/t11-,12-,13-/m0/s1. The third kappa shape index (κ3) is 10.7. The monoisotopic (exact) mass is 483 g/mol. The molecule has 1 saturated heterocycles. The molecule has 0 bridgehead atoms. The van der Waals surface area contributed by atoms with E-state index >= 15 is 0 Å². The first kappa shape index (κ1) is 28.3. The van der Waals surface area contributed by atoms with Crippen LogP contribution in [0.4, 0.5) is 0 Å². The summed E-state index contributed by atoms with van der Waals surface area (Å²) in [5.74, 6) is -6.01. The Morgan fingerprint density at radius 3 is 1.76 bits per heavy atom. The van der Waals surface area contributed by atoms with Crippen molar-refractivity contribution < 1.29 is 38.7 Å². The number of rotatable bonds is 8. The second-order valence-electron chi connectivity index (χ2n) is 8.28. The van der Waals surface area contributed by atoms with E-state index in [9.17, 15) is 38.7 Å². The number of hydrogen-bond acceptors (Lipinski definition) is 8. The lowest BCUT2D eigenvalue weighted by atomic mass is 10.0. The molecule has 14 heteroatoms. The first-order valence-electron chi connectivity index (χ1n) is 10.8. The Bertz CT molecular complexity index is 815. The summed E-state index contributed by atoms with van der Waals surface area (Å²) in [6.45, 7) is 2.49. The quantitative estimate of drug-likeness (QED) is 0.197. The largest absolute Gasteiger partial charge is 0.550 e. The number of nitrogens with one attached hydrogen (secondary N) is 5. The zero-order chi connectivity index (χ0) is 25.8. The number of carbonyl (C=O) groups excluding carboxylic acids is 7. The smallest absolute Gasteiger partial charge is 0.243 e. The summed E-state index contributed by atoms with van der Waals surface area (Å²) in [6, 6.07) is -3.58. The van der Waals surface area contributed by atoms with E-state index in [1.54, 1.807) is 0 Å². The molecule has 1 rings (SSSR count). The highest BCUT2D eigenvalue weighted by Gasteiger charge is 2.29. The van der Waals surface area contributed by atoms with Crippen molar-refractivity contribution in [1.82, 2.24) is 26.6 Å². The highest BCUT2D eigenvalue weighted by molar-refractivity contribution is 5.96. The molecule has 6 amide bonds. The van der Waals surface area contributed by atoms with Gasteiger partial charge in [-0.1, -0.05) is 13.8 Å². The zero-order valence-electron chi connectivity index (χ0n) is 19.1. The van der Waals surface area contributed by atoms with Gasteiger partial charge in [-0.3, -0.25) is 28.8 Å². The van der Waals surface area contributed by atoms with Gasteiger partial charge in [0.1, 0.15) is 18.1 Å². The van der Waals surface area contributed by atoms with Gasteiger partial charge < -0.3 is 42.2 Å². The normalized spacial score (nSPS) is 22.9. The number of carbonyl (C=O) groups is 7. The number of carboxylic acid groups (broad SMARTS) is 1. The van der Waals surface area contributed by atoms with Gasteiger partial charge in [0.05, 0.1) is 13.1 Å². The molecule has 34 heavy (non-hydrogen) atoms. The highest BCUT2D eigenvalue weighted by Crippen LogP contribution is 2.07. The molecule has 1 aliphatic rings. The summed E-state index contributed by atoms with van der Waals surface area (Å²) in [5, 5.41) is 22.6. The predicted molar refractivity (Wildman–Crippen MR) is 114 cm³/mol. The van der Waals surface area contributed by atoms with Crippen LogP contribution < -0.4 is 37.4 Å². The van der Waals surface area contributed by atoms with E-state index in [-0.39, 0.29) is 31.6 Å². The molecule has 14 nitrogen and oxygen atoms in total. The van der Waals surface area contributed by atoms with Crippen LogP contribution in [-0.4, -0.2) is 72.6 Å². The lowest BCUT2D eigenvalue weighted by Gasteiger charge is -2.24. The van der Waals surface area contributed by atoms with Gasteiger partial charge in [0, 0.05) is 12.4 Å². The van der Waals surface area contributed by atoms with Crippen molar-refractivity contribution in [3.05, 3.63) is 0 Å². The maximum absolute atomic E-state index is 12.8. The Morgan fingerprint density at radius 1 is 0.824 bits per heavy atom. The number of carboxylic acids is 1. The maximum Gasteiger partial charge on any atom is 0.243 e. The Balaban J connectivity index is 3.16. The van der Waals surface area contributed by atoms with Crippen LogP contribution in [0.3, 0.4) is 0 Å². The van der Waals surface area contributed by atoms with Crippen molar-refractivity contribution in [3.63, 3.8) is 0 Å². The minimum atomic E-state index is -1.44. The Labute approximate surface area is 196 Å². The van der Waals surface area contributed by atoms with Crippen LogP contribution in [0.5, 0.6) is 0 Å². The van der Waals surface area contributed by atoms with Gasteiger partial charge in [-0.05, 0) is 31.6 Å². The van der Waals surface area contributed by atoms with E-state index in [1.165, 1.54) is 0 Å². The van der Waals surface area contributed by atoms with Gasteiger partial charge >= 0.3 is 0 Å². The van der Waals surface area contributed by atoms with Crippen LogP contribution in [0.25, 0.3) is 0 Å². The minimum Gasteiger partial charge on any atom is -0.550 e. The van der Waals surface area contributed by atoms with E-state index in [0.717, 1.165) is 0 Å². The average Bonchev–Trinajstić information content (AvgIpc) is 2.74. The van der Waals surface area contributed by atoms with E-state index in [4.69, 9.17) is 5.73 Å². The molecule has 0 radical (unpaired) electrons. The molecule has 0 aliphatic carbocycles. The molecule has 0 spiro atoms. The summed E-state index contributed by atoms with van der Waals surface area (Å²) in [4.78, 5) is 84.4. The molecule has 3 atom stereocenters. The fraction of sp³-hybridized carbons (Fsp3) is 0.650. The first-order chi connectivity index (χ1) is 15.9. The lowest BCUT2D eigenvalue weighted by Crippen LogP contribution is -2.55. The van der Waals surface area contributed by atoms with Gasteiger partial charge in [-0.2, -0.15) is 0 Å². The van der Waals surface area contributed by atoms with Crippen LogP contribution in [-0.2, 0) is 33.6 Å². The summed E-state index contributed by atoms with van der Waals surface area (Å²) in [6.07, 6.45) is -1.02. The molecule has 7 N–H and O–H groups in total. The van der Waals surface area contributed by atoms with Crippen molar-refractivity contribution >= 4 is 41.4 Å². The van der Waals surface area contributed by atoms with E-state index in [1.807, 2.05) is 13.8 Å². The third-order valence-corrected chi connectivity index (χ3v) is 4.81. The predicted octanol–water partition coefficient (Wildman–Crippen LogP) is -4.47. The molecule has 1 heterocycles. The first-order valence-corrected chi connectivity index (χ1v) is 10.8. The number of primary amides is 1. The van der Waals surface area contributed by atoms with E-state index in [0.29, 0.717) is 0 Å². The molecule has 190 valence electrons. The fourth-order valence-electron chi connectivity index (χ4n) is 3.13. The molecule has 0 aromatic carbocycles. The second-order valence-corrected chi connectivity index (χ2v) is 8.28.